The molecule has 0 radical (unpaired) electrons. The van der Waals surface area contributed by atoms with Crippen molar-refractivity contribution in [2.24, 2.45) is 0 Å². The molecular formula is C10H17ClN2. The number of aryl methyl sites for hydroxylation is 2. The van der Waals surface area contributed by atoms with Gasteiger partial charge in [0, 0.05) is 30.7 Å². The van der Waals surface area contributed by atoms with Gasteiger partial charge >= 0.3 is 0 Å². The average Bonchev–Trinajstić information content (AvgIpc) is 2.49. The van der Waals surface area contributed by atoms with Crippen LogP contribution in [0.15, 0.2) is 12.4 Å². The van der Waals surface area contributed by atoms with Gasteiger partial charge in [-0.05, 0) is 19.8 Å². The molecule has 0 aliphatic carbocycles. The molecule has 0 saturated carbocycles. The van der Waals surface area contributed by atoms with E-state index in [-0.39, 0.29) is 5.38 Å². The van der Waals surface area contributed by atoms with Crippen LogP contribution in [0.1, 0.15) is 32.5 Å². The minimum absolute atomic E-state index is 0.242. The number of hydrogen-bond acceptors (Lipinski definition) is 1. The van der Waals surface area contributed by atoms with Crippen molar-refractivity contribution in [3.05, 3.63) is 18.2 Å². The van der Waals surface area contributed by atoms with E-state index in [1.54, 1.807) is 0 Å². The lowest BCUT2D eigenvalue weighted by atomic mass is 10.2. The molecule has 1 aromatic heterocycles. The molecule has 0 saturated heterocycles. The third kappa shape index (κ3) is 3.39. The Labute approximate surface area is 84.9 Å². The maximum atomic E-state index is 5.89. The number of hydrogen-bond donors (Lipinski definition) is 0. The lowest BCUT2D eigenvalue weighted by Gasteiger charge is -2.06. The van der Waals surface area contributed by atoms with Gasteiger partial charge < -0.3 is 4.57 Å². The van der Waals surface area contributed by atoms with E-state index < -0.39 is 0 Å². The summed E-state index contributed by atoms with van der Waals surface area (Å²) in [6, 6.07) is 0. The molecule has 0 fully saturated rings. The van der Waals surface area contributed by atoms with Gasteiger partial charge in [-0.3, -0.25) is 0 Å². The van der Waals surface area contributed by atoms with Crippen LogP contribution in [0.4, 0.5) is 0 Å². The van der Waals surface area contributed by atoms with Gasteiger partial charge in [0.2, 0.25) is 0 Å². The second-order valence-electron chi connectivity index (χ2n) is 3.36. The molecule has 0 bridgehead atoms. The van der Waals surface area contributed by atoms with Crippen LogP contribution >= 0.6 is 11.6 Å². The smallest absolute Gasteiger partial charge is 0.108 e. The highest BCUT2D eigenvalue weighted by molar-refractivity contribution is 6.20. The Balaban J connectivity index is 2.49. The normalized spacial score (nSPS) is 13.2. The second-order valence-corrected chi connectivity index (χ2v) is 4.10. The van der Waals surface area contributed by atoms with E-state index in [9.17, 15) is 0 Å². The molecule has 0 aromatic carbocycles. The predicted molar refractivity (Wildman–Crippen MR) is 56.2 cm³/mol. The number of rotatable bonds is 5. The van der Waals surface area contributed by atoms with E-state index in [1.807, 2.05) is 19.3 Å². The highest BCUT2D eigenvalue weighted by Gasteiger charge is 2.03. The predicted octanol–water partition coefficient (Wildman–Crippen LogP) is 2.85. The molecule has 1 unspecified atom stereocenters. The zero-order valence-electron chi connectivity index (χ0n) is 8.33. The van der Waals surface area contributed by atoms with Gasteiger partial charge in [-0.15, -0.1) is 11.6 Å². The van der Waals surface area contributed by atoms with Gasteiger partial charge in [-0.25, -0.2) is 4.98 Å². The Morgan fingerprint density at radius 2 is 2.38 bits per heavy atom. The zero-order valence-corrected chi connectivity index (χ0v) is 9.09. The van der Waals surface area contributed by atoms with Gasteiger partial charge in [0.25, 0.3) is 0 Å². The Morgan fingerprint density at radius 1 is 1.62 bits per heavy atom. The fraction of sp³-hybridized carbons (Fsp3) is 0.700. The summed E-state index contributed by atoms with van der Waals surface area (Å²) in [6.45, 7) is 5.26. The molecule has 1 heterocycles. The largest absolute Gasteiger partial charge is 0.335 e. The van der Waals surface area contributed by atoms with Crippen molar-refractivity contribution < 1.29 is 0 Å². The quantitative estimate of drug-likeness (QED) is 0.669. The maximum absolute atomic E-state index is 5.89. The molecule has 0 amide bonds. The Morgan fingerprint density at radius 3 is 3.00 bits per heavy atom. The summed E-state index contributed by atoms with van der Waals surface area (Å²) in [5.74, 6) is 1.16. The minimum Gasteiger partial charge on any atom is -0.335 e. The molecular weight excluding hydrogens is 184 g/mol. The summed E-state index contributed by atoms with van der Waals surface area (Å²) in [5, 5.41) is 0.242. The van der Waals surface area contributed by atoms with Crippen molar-refractivity contribution in [1.82, 2.24) is 9.55 Å². The first-order valence-electron chi connectivity index (χ1n) is 4.88. The maximum Gasteiger partial charge on any atom is 0.108 e. The molecule has 2 nitrogen and oxygen atoms in total. The highest BCUT2D eigenvalue weighted by atomic mass is 35.5. The van der Waals surface area contributed by atoms with Gasteiger partial charge in [-0.2, -0.15) is 0 Å². The Hall–Kier alpha value is -0.500. The molecule has 0 N–H and O–H groups in total. The number of nitrogens with zero attached hydrogens (tertiary/aromatic N) is 2. The van der Waals surface area contributed by atoms with Crippen LogP contribution in [0.3, 0.4) is 0 Å². The van der Waals surface area contributed by atoms with Crippen molar-refractivity contribution in [1.29, 1.82) is 0 Å². The molecule has 74 valence electrons. The molecule has 1 aromatic rings. The third-order valence-electron chi connectivity index (χ3n) is 2.03. The molecule has 0 spiro atoms. The molecule has 1 rings (SSSR count). The Kier molecular flexibility index (Phi) is 4.29. The minimum atomic E-state index is 0.242. The van der Waals surface area contributed by atoms with Crippen molar-refractivity contribution >= 4 is 11.6 Å². The van der Waals surface area contributed by atoms with Crippen LogP contribution in [-0.2, 0) is 13.0 Å². The summed E-state index contributed by atoms with van der Waals surface area (Å²) in [7, 11) is 0. The summed E-state index contributed by atoms with van der Waals surface area (Å²) >= 11 is 5.89. The lowest BCUT2D eigenvalue weighted by Crippen LogP contribution is -2.04. The van der Waals surface area contributed by atoms with Gasteiger partial charge in [0.15, 0.2) is 0 Å². The first-order valence-corrected chi connectivity index (χ1v) is 5.31. The van der Waals surface area contributed by atoms with E-state index >= 15 is 0 Å². The monoisotopic (exact) mass is 200 g/mol. The number of aromatic nitrogens is 2. The first-order chi connectivity index (χ1) is 6.24. The zero-order chi connectivity index (χ0) is 9.68. The average molecular weight is 201 g/mol. The van der Waals surface area contributed by atoms with E-state index in [1.165, 1.54) is 0 Å². The summed E-state index contributed by atoms with van der Waals surface area (Å²) in [6.07, 6.45) is 7.04. The summed E-state index contributed by atoms with van der Waals surface area (Å²) < 4.78 is 2.21. The fourth-order valence-corrected chi connectivity index (χ4v) is 1.45. The van der Waals surface area contributed by atoms with Crippen LogP contribution in [0.25, 0.3) is 0 Å². The number of imidazole rings is 1. The number of alkyl halides is 1. The van der Waals surface area contributed by atoms with Crippen LogP contribution in [0.2, 0.25) is 0 Å². The van der Waals surface area contributed by atoms with E-state index in [4.69, 9.17) is 11.6 Å². The highest BCUT2D eigenvalue weighted by Crippen LogP contribution is 2.07. The topological polar surface area (TPSA) is 17.8 Å². The molecule has 1 atom stereocenters. The standard InChI is InChI=1S/C10H17ClN2/c1-3-7-13-8-6-12-10(13)5-4-9(2)11/h6,8-9H,3-5,7H2,1-2H3. The third-order valence-corrected chi connectivity index (χ3v) is 2.25. The molecule has 13 heavy (non-hydrogen) atoms. The van der Waals surface area contributed by atoms with Crippen LogP contribution in [0, 0.1) is 0 Å². The van der Waals surface area contributed by atoms with E-state index in [2.05, 4.69) is 16.5 Å². The van der Waals surface area contributed by atoms with Gasteiger partial charge in [0.1, 0.15) is 5.82 Å². The molecule has 0 aliphatic rings. The van der Waals surface area contributed by atoms with Crippen molar-refractivity contribution in [2.45, 2.75) is 45.0 Å². The first kappa shape index (κ1) is 10.6. The van der Waals surface area contributed by atoms with Crippen molar-refractivity contribution in [3.8, 4) is 0 Å². The lowest BCUT2D eigenvalue weighted by molar-refractivity contribution is 0.621. The van der Waals surface area contributed by atoms with E-state index in [0.29, 0.717) is 0 Å². The van der Waals surface area contributed by atoms with Crippen LogP contribution in [-0.4, -0.2) is 14.9 Å². The molecule has 3 heteroatoms. The molecule has 0 aliphatic heterocycles. The second kappa shape index (κ2) is 5.28. The van der Waals surface area contributed by atoms with Gasteiger partial charge in [-0.1, -0.05) is 6.92 Å². The van der Waals surface area contributed by atoms with Gasteiger partial charge in [0.05, 0.1) is 0 Å². The number of halogens is 1. The van der Waals surface area contributed by atoms with Crippen molar-refractivity contribution in [2.75, 3.05) is 0 Å². The van der Waals surface area contributed by atoms with Crippen LogP contribution in [0.5, 0.6) is 0 Å². The van der Waals surface area contributed by atoms with Crippen molar-refractivity contribution in [3.63, 3.8) is 0 Å². The summed E-state index contributed by atoms with van der Waals surface area (Å²) in [4.78, 5) is 4.31. The Bertz CT molecular complexity index is 243. The SMILES string of the molecule is CCCn1ccnc1CCC(C)Cl. The van der Waals surface area contributed by atoms with Crippen LogP contribution < -0.4 is 0 Å². The summed E-state index contributed by atoms with van der Waals surface area (Å²) in [5.41, 5.74) is 0. The fourth-order valence-electron chi connectivity index (χ4n) is 1.34. The van der Waals surface area contributed by atoms with E-state index in [0.717, 1.165) is 31.6 Å².